The minimum atomic E-state index is 0.425. The fourth-order valence-electron chi connectivity index (χ4n) is 1.90. The van der Waals surface area contributed by atoms with Gasteiger partial charge >= 0.3 is 0 Å². The van der Waals surface area contributed by atoms with Crippen molar-refractivity contribution < 1.29 is 4.79 Å². The van der Waals surface area contributed by atoms with Gasteiger partial charge in [0, 0.05) is 6.42 Å². The second-order valence-corrected chi connectivity index (χ2v) is 3.71. The van der Waals surface area contributed by atoms with Crippen LogP contribution in [0, 0.1) is 5.92 Å². The van der Waals surface area contributed by atoms with E-state index in [9.17, 15) is 4.79 Å². The molecule has 0 aromatic rings. The number of carbonyl (C=O) groups is 1. The van der Waals surface area contributed by atoms with Gasteiger partial charge in [-0.05, 0) is 44.1 Å². The molecular weight excluding hydrogens is 136 g/mol. The Kier molecular flexibility index (Phi) is 1.59. The smallest absolute Gasteiger partial charge is 0.158 e. The first-order valence-corrected chi connectivity index (χ1v) is 4.52. The Morgan fingerprint density at radius 1 is 1.36 bits per heavy atom. The summed E-state index contributed by atoms with van der Waals surface area (Å²) in [4.78, 5) is 11.3. The van der Waals surface area contributed by atoms with Gasteiger partial charge in [-0.1, -0.05) is 5.57 Å². The zero-order valence-corrected chi connectivity index (χ0v) is 7.02. The number of Topliss-reactive ketones (excluding diaryl/α,β-unsaturated/α-hetero) is 1. The average molecular weight is 150 g/mol. The van der Waals surface area contributed by atoms with E-state index in [1.54, 1.807) is 0 Å². The van der Waals surface area contributed by atoms with Crippen molar-refractivity contribution in [3.05, 3.63) is 11.1 Å². The van der Waals surface area contributed by atoms with Crippen LogP contribution in [0.1, 0.15) is 39.0 Å². The highest BCUT2D eigenvalue weighted by atomic mass is 16.1. The molecular formula is C10H14O. The summed E-state index contributed by atoms with van der Waals surface area (Å²) in [5.41, 5.74) is 2.58. The molecule has 0 saturated heterocycles. The largest absolute Gasteiger partial charge is 0.295 e. The predicted molar refractivity (Wildman–Crippen MR) is 44.3 cm³/mol. The van der Waals surface area contributed by atoms with Crippen LogP contribution < -0.4 is 0 Å². The Morgan fingerprint density at radius 2 is 2.09 bits per heavy atom. The SMILES string of the molecule is C/C(=C1/CCCC1=O)C1CC1. The molecule has 0 aromatic carbocycles. The quantitative estimate of drug-likeness (QED) is 0.525. The summed E-state index contributed by atoms with van der Waals surface area (Å²) in [6.45, 7) is 2.15. The summed E-state index contributed by atoms with van der Waals surface area (Å²) in [7, 11) is 0. The molecule has 1 nitrogen and oxygen atoms in total. The van der Waals surface area contributed by atoms with Crippen molar-refractivity contribution in [3.63, 3.8) is 0 Å². The minimum absolute atomic E-state index is 0.425. The van der Waals surface area contributed by atoms with E-state index < -0.39 is 0 Å². The molecule has 0 amide bonds. The van der Waals surface area contributed by atoms with Gasteiger partial charge in [0.2, 0.25) is 0 Å². The van der Waals surface area contributed by atoms with Crippen LogP contribution in [0.3, 0.4) is 0 Å². The maximum Gasteiger partial charge on any atom is 0.158 e. The Balaban J connectivity index is 2.21. The van der Waals surface area contributed by atoms with Crippen LogP contribution >= 0.6 is 0 Å². The summed E-state index contributed by atoms with van der Waals surface area (Å²) in [6.07, 6.45) is 5.60. The fraction of sp³-hybridized carbons (Fsp3) is 0.700. The predicted octanol–water partition coefficient (Wildman–Crippen LogP) is 2.47. The molecule has 2 fully saturated rings. The minimum Gasteiger partial charge on any atom is -0.295 e. The zero-order chi connectivity index (χ0) is 7.84. The van der Waals surface area contributed by atoms with Gasteiger partial charge in [0.15, 0.2) is 5.78 Å². The van der Waals surface area contributed by atoms with Crippen LogP contribution in [0.4, 0.5) is 0 Å². The van der Waals surface area contributed by atoms with Gasteiger partial charge in [-0.15, -0.1) is 0 Å². The van der Waals surface area contributed by atoms with Crippen LogP contribution in [0.15, 0.2) is 11.1 Å². The second-order valence-electron chi connectivity index (χ2n) is 3.71. The molecule has 0 aromatic heterocycles. The Labute approximate surface area is 67.5 Å². The Morgan fingerprint density at radius 3 is 2.55 bits per heavy atom. The zero-order valence-electron chi connectivity index (χ0n) is 7.02. The summed E-state index contributed by atoms with van der Waals surface area (Å²) in [5.74, 6) is 1.21. The van der Waals surface area contributed by atoms with E-state index in [4.69, 9.17) is 0 Å². The fourth-order valence-corrected chi connectivity index (χ4v) is 1.90. The van der Waals surface area contributed by atoms with E-state index >= 15 is 0 Å². The van der Waals surface area contributed by atoms with Crippen molar-refractivity contribution in [2.45, 2.75) is 39.0 Å². The standard InChI is InChI=1S/C10H14O/c1-7(8-5-6-8)9-3-2-4-10(9)11/h8H,2-6H2,1H3/b9-7+. The third-order valence-corrected chi connectivity index (χ3v) is 2.83. The molecule has 0 radical (unpaired) electrons. The molecule has 60 valence electrons. The molecule has 0 N–H and O–H groups in total. The van der Waals surface area contributed by atoms with Gasteiger partial charge in [0.25, 0.3) is 0 Å². The number of carbonyl (C=O) groups excluding carboxylic acids is 1. The summed E-state index contributed by atoms with van der Waals surface area (Å²) >= 11 is 0. The monoisotopic (exact) mass is 150 g/mol. The van der Waals surface area contributed by atoms with Crippen LogP contribution in [0.25, 0.3) is 0 Å². The van der Waals surface area contributed by atoms with E-state index in [1.165, 1.54) is 24.0 Å². The van der Waals surface area contributed by atoms with Crippen LogP contribution in [-0.2, 0) is 4.79 Å². The van der Waals surface area contributed by atoms with Gasteiger partial charge in [-0.2, -0.15) is 0 Å². The highest BCUT2D eigenvalue weighted by Gasteiger charge is 2.29. The number of rotatable bonds is 1. The van der Waals surface area contributed by atoms with E-state index in [0.29, 0.717) is 5.78 Å². The van der Waals surface area contributed by atoms with E-state index in [1.807, 2.05) is 0 Å². The maximum atomic E-state index is 11.3. The lowest BCUT2D eigenvalue weighted by atomic mass is 10.0. The second kappa shape index (κ2) is 2.47. The van der Waals surface area contributed by atoms with Gasteiger partial charge in [-0.25, -0.2) is 0 Å². The summed E-state index contributed by atoms with van der Waals surface area (Å²) < 4.78 is 0. The topological polar surface area (TPSA) is 17.1 Å². The van der Waals surface area contributed by atoms with Gasteiger partial charge in [-0.3, -0.25) is 4.79 Å². The molecule has 2 rings (SSSR count). The van der Waals surface area contributed by atoms with Crippen LogP contribution in [0.2, 0.25) is 0 Å². The van der Waals surface area contributed by atoms with Crippen molar-refractivity contribution in [1.29, 1.82) is 0 Å². The molecule has 2 saturated carbocycles. The molecule has 2 aliphatic rings. The van der Waals surface area contributed by atoms with Crippen molar-refractivity contribution in [1.82, 2.24) is 0 Å². The number of ketones is 1. The van der Waals surface area contributed by atoms with Gasteiger partial charge in [0.05, 0.1) is 0 Å². The maximum absolute atomic E-state index is 11.3. The molecule has 1 heteroatoms. The Hall–Kier alpha value is -0.590. The first-order chi connectivity index (χ1) is 5.29. The third-order valence-electron chi connectivity index (χ3n) is 2.83. The van der Waals surface area contributed by atoms with Crippen LogP contribution in [0.5, 0.6) is 0 Å². The third kappa shape index (κ3) is 1.24. The molecule has 0 aliphatic heterocycles. The molecule has 11 heavy (non-hydrogen) atoms. The summed E-state index contributed by atoms with van der Waals surface area (Å²) in [6, 6.07) is 0. The summed E-state index contributed by atoms with van der Waals surface area (Å²) in [5, 5.41) is 0. The van der Waals surface area contributed by atoms with Crippen molar-refractivity contribution >= 4 is 5.78 Å². The lowest BCUT2D eigenvalue weighted by Crippen LogP contribution is -1.96. The highest BCUT2D eigenvalue weighted by Crippen LogP contribution is 2.40. The molecule has 2 aliphatic carbocycles. The van der Waals surface area contributed by atoms with E-state index in [2.05, 4.69) is 6.92 Å². The number of hydrogen-bond acceptors (Lipinski definition) is 1. The lowest BCUT2D eigenvalue weighted by Gasteiger charge is -2.01. The molecule has 0 spiro atoms. The number of hydrogen-bond donors (Lipinski definition) is 0. The normalized spacial score (nSPS) is 29.4. The van der Waals surface area contributed by atoms with Crippen molar-refractivity contribution in [3.8, 4) is 0 Å². The van der Waals surface area contributed by atoms with Gasteiger partial charge < -0.3 is 0 Å². The van der Waals surface area contributed by atoms with E-state index in [-0.39, 0.29) is 0 Å². The molecule has 0 bridgehead atoms. The first kappa shape index (κ1) is 7.08. The number of allylic oxidation sites excluding steroid dienone is 2. The molecule has 0 heterocycles. The average Bonchev–Trinajstić information content (AvgIpc) is 2.74. The molecule has 0 unspecified atom stereocenters. The van der Waals surface area contributed by atoms with Gasteiger partial charge in [0.1, 0.15) is 0 Å². The van der Waals surface area contributed by atoms with Crippen LogP contribution in [-0.4, -0.2) is 5.78 Å². The molecule has 0 atom stereocenters. The lowest BCUT2D eigenvalue weighted by molar-refractivity contribution is -0.114. The first-order valence-electron chi connectivity index (χ1n) is 4.52. The Bertz CT molecular complexity index is 221. The van der Waals surface area contributed by atoms with Crippen molar-refractivity contribution in [2.75, 3.05) is 0 Å². The van der Waals surface area contributed by atoms with E-state index in [0.717, 1.165) is 25.2 Å². The van der Waals surface area contributed by atoms with Crippen molar-refractivity contribution in [2.24, 2.45) is 5.92 Å². The highest BCUT2D eigenvalue weighted by molar-refractivity contribution is 5.98.